The fourth-order valence-electron chi connectivity index (χ4n) is 2.72. The Bertz CT molecular complexity index is 1100. The Kier molecular flexibility index (Phi) is 5.83. The van der Waals surface area contributed by atoms with E-state index in [0.29, 0.717) is 29.5 Å². The van der Waals surface area contributed by atoms with Gasteiger partial charge >= 0.3 is 0 Å². The smallest absolute Gasteiger partial charge is 0.238 e. The fraction of sp³-hybridized carbons (Fsp3) is 0.158. The summed E-state index contributed by atoms with van der Waals surface area (Å²) in [6.45, 7) is 2.50. The predicted molar refractivity (Wildman–Crippen MR) is 112 cm³/mol. The van der Waals surface area contributed by atoms with Gasteiger partial charge in [-0.15, -0.1) is 0 Å². The van der Waals surface area contributed by atoms with Gasteiger partial charge in [0.05, 0.1) is 15.6 Å². The maximum atomic E-state index is 11.3. The lowest BCUT2D eigenvalue weighted by Gasteiger charge is -2.10. The maximum absolute atomic E-state index is 11.3. The Morgan fingerprint density at radius 1 is 1.11 bits per heavy atom. The van der Waals surface area contributed by atoms with Crippen LogP contribution in [0.15, 0.2) is 53.4 Å². The van der Waals surface area contributed by atoms with Crippen LogP contribution in [0.3, 0.4) is 0 Å². The average Bonchev–Trinajstić information content (AvgIpc) is 2.63. The molecule has 0 amide bonds. The van der Waals surface area contributed by atoms with Crippen molar-refractivity contribution in [2.45, 2.75) is 18.2 Å². The molecule has 1 heterocycles. The van der Waals surface area contributed by atoms with Crippen LogP contribution in [0.2, 0.25) is 5.02 Å². The highest BCUT2D eigenvalue weighted by atomic mass is 35.5. The van der Waals surface area contributed by atoms with Crippen molar-refractivity contribution in [1.29, 1.82) is 0 Å². The Hall–Kier alpha value is -2.68. The van der Waals surface area contributed by atoms with Crippen LogP contribution in [0, 0.1) is 6.92 Å². The van der Waals surface area contributed by atoms with E-state index in [2.05, 4.69) is 15.3 Å². The highest BCUT2D eigenvalue weighted by molar-refractivity contribution is 7.89. The van der Waals surface area contributed by atoms with Crippen LogP contribution in [0.25, 0.3) is 11.3 Å². The molecule has 0 saturated heterocycles. The molecule has 0 radical (unpaired) electrons. The van der Waals surface area contributed by atoms with E-state index in [4.69, 9.17) is 22.5 Å². The minimum absolute atomic E-state index is 0.0902. The molecule has 0 saturated carbocycles. The molecule has 0 aliphatic heterocycles. The van der Waals surface area contributed by atoms with E-state index in [1.54, 1.807) is 18.2 Å². The third kappa shape index (κ3) is 4.78. The van der Waals surface area contributed by atoms with Gasteiger partial charge in [-0.2, -0.15) is 4.98 Å². The number of nitrogens with two attached hydrogens (primary N) is 2. The molecule has 3 rings (SSSR count). The van der Waals surface area contributed by atoms with Gasteiger partial charge in [-0.25, -0.2) is 18.5 Å². The first-order chi connectivity index (χ1) is 13.2. The summed E-state index contributed by atoms with van der Waals surface area (Å²) in [5.41, 5.74) is 9.19. The summed E-state index contributed by atoms with van der Waals surface area (Å²) in [4.78, 5) is 8.57. The summed E-state index contributed by atoms with van der Waals surface area (Å²) in [5.74, 6) is 0.733. The molecular weight excluding hydrogens is 398 g/mol. The van der Waals surface area contributed by atoms with Crippen LogP contribution in [0.1, 0.15) is 11.1 Å². The van der Waals surface area contributed by atoms with Gasteiger partial charge in [-0.1, -0.05) is 41.9 Å². The fourth-order valence-corrected chi connectivity index (χ4v) is 3.46. The topological polar surface area (TPSA) is 124 Å². The number of nitrogens with one attached hydrogen (secondary N) is 1. The van der Waals surface area contributed by atoms with Gasteiger partial charge in [0.25, 0.3) is 0 Å². The van der Waals surface area contributed by atoms with E-state index in [1.807, 2.05) is 25.1 Å². The summed E-state index contributed by atoms with van der Waals surface area (Å²) in [5, 5.41) is 8.94. The molecule has 146 valence electrons. The van der Waals surface area contributed by atoms with Crippen molar-refractivity contribution >= 4 is 33.4 Å². The van der Waals surface area contributed by atoms with E-state index < -0.39 is 10.0 Å². The Morgan fingerprint density at radius 3 is 2.50 bits per heavy atom. The number of halogens is 1. The van der Waals surface area contributed by atoms with Crippen LogP contribution >= 0.6 is 11.6 Å². The van der Waals surface area contributed by atoms with E-state index in [1.165, 1.54) is 12.1 Å². The van der Waals surface area contributed by atoms with Gasteiger partial charge in [0, 0.05) is 18.2 Å². The summed E-state index contributed by atoms with van der Waals surface area (Å²) < 4.78 is 22.6. The summed E-state index contributed by atoms with van der Waals surface area (Å²) in [7, 11) is -3.68. The second-order valence-corrected chi connectivity index (χ2v) is 8.24. The van der Waals surface area contributed by atoms with Gasteiger partial charge in [-0.05, 0) is 36.6 Å². The number of aromatic nitrogens is 2. The molecule has 0 fully saturated rings. The van der Waals surface area contributed by atoms with Crippen LogP contribution in [-0.4, -0.2) is 24.9 Å². The summed E-state index contributed by atoms with van der Waals surface area (Å²) in [6, 6.07) is 14.0. The lowest BCUT2D eigenvalue weighted by Crippen LogP contribution is -2.12. The highest BCUT2D eigenvalue weighted by Crippen LogP contribution is 2.30. The molecule has 0 atom stereocenters. The Morgan fingerprint density at radius 2 is 1.82 bits per heavy atom. The van der Waals surface area contributed by atoms with Crippen molar-refractivity contribution in [3.63, 3.8) is 0 Å². The molecule has 5 N–H and O–H groups in total. The maximum Gasteiger partial charge on any atom is 0.238 e. The first-order valence-electron chi connectivity index (χ1n) is 8.50. The van der Waals surface area contributed by atoms with Crippen molar-refractivity contribution in [1.82, 2.24) is 9.97 Å². The second kappa shape index (κ2) is 8.14. The molecule has 0 aliphatic rings. The number of nitrogen functional groups attached to an aromatic ring is 1. The molecular formula is C19H20ClN5O2S. The zero-order chi connectivity index (χ0) is 20.3. The van der Waals surface area contributed by atoms with Crippen molar-refractivity contribution in [2.24, 2.45) is 5.14 Å². The number of sulfonamides is 1. The number of nitrogens with zero attached hydrogens (tertiary/aromatic N) is 2. The van der Waals surface area contributed by atoms with Gasteiger partial charge in [0.2, 0.25) is 16.0 Å². The quantitative estimate of drug-likeness (QED) is 0.566. The van der Waals surface area contributed by atoms with Gasteiger partial charge < -0.3 is 11.1 Å². The van der Waals surface area contributed by atoms with Crippen molar-refractivity contribution < 1.29 is 8.42 Å². The predicted octanol–water partition coefficient (Wildman–Crippen LogP) is 2.99. The lowest BCUT2D eigenvalue weighted by atomic mass is 10.1. The molecule has 0 spiro atoms. The molecule has 7 nitrogen and oxygen atoms in total. The molecule has 0 aliphatic carbocycles. The zero-order valence-electron chi connectivity index (χ0n) is 15.2. The molecule has 0 unspecified atom stereocenters. The Labute approximate surface area is 168 Å². The standard InChI is InChI=1S/C19H20ClN5O2S/c1-12-3-2-4-15(18(12)20)16-11-17(25-19(21)24-16)23-10-9-13-5-7-14(8-6-13)28(22,26)27/h2-8,11H,9-10H2,1H3,(H2,22,26,27)(H3,21,23,24,25). The van der Waals surface area contributed by atoms with Gasteiger partial charge in [0.15, 0.2) is 0 Å². The van der Waals surface area contributed by atoms with Gasteiger partial charge in [-0.3, -0.25) is 0 Å². The lowest BCUT2D eigenvalue weighted by molar-refractivity contribution is 0.598. The molecule has 2 aromatic carbocycles. The van der Waals surface area contributed by atoms with E-state index >= 15 is 0 Å². The molecule has 3 aromatic rings. The van der Waals surface area contributed by atoms with Crippen molar-refractivity contribution in [3.8, 4) is 11.3 Å². The summed E-state index contributed by atoms with van der Waals surface area (Å²) in [6.07, 6.45) is 0.662. The number of hydrogen-bond acceptors (Lipinski definition) is 6. The second-order valence-electron chi connectivity index (χ2n) is 6.30. The monoisotopic (exact) mass is 417 g/mol. The van der Waals surface area contributed by atoms with E-state index in [0.717, 1.165) is 16.7 Å². The molecule has 28 heavy (non-hydrogen) atoms. The zero-order valence-corrected chi connectivity index (χ0v) is 16.8. The van der Waals surface area contributed by atoms with E-state index in [-0.39, 0.29) is 10.8 Å². The van der Waals surface area contributed by atoms with Crippen molar-refractivity contribution in [2.75, 3.05) is 17.6 Å². The number of benzene rings is 2. The minimum Gasteiger partial charge on any atom is -0.370 e. The van der Waals surface area contributed by atoms with E-state index in [9.17, 15) is 8.42 Å². The molecule has 9 heteroatoms. The third-order valence-electron chi connectivity index (χ3n) is 4.18. The molecule has 0 bridgehead atoms. The van der Waals surface area contributed by atoms with Gasteiger partial charge in [0.1, 0.15) is 5.82 Å². The number of rotatable bonds is 6. The minimum atomic E-state index is -3.68. The van der Waals surface area contributed by atoms with Crippen molar-refractivity contribution in [3.05, 3.63) is 64.7 Å². The van der Waals surface area contributed by atoms with Crippen LogP contribution in [-0.2, 0) is 16.4 Å². The normalized spacial score (nSPS) is 11.4. The first-order valence-corrected chi connectivity index (χ1v) is 10.4. The average molecular weight is 418 g/mol. The number of primary sulfonamides is 1. The molecule has 1 aromatic heterocycles. The number of aryl methyl sites for hydroxylation is 1. The highest BCUT2D eigenvalue weighted by Gasteiger charge is 2.10. The number of anilines is 2. The number of hydrogen-bond donors (Lipinski definition) is 3. The van der Waals surface area contributed by atoms with Crippen LogP contribution in [0.4, 0.5) is 11.8 Å². The van der Waals surface area contributed by atoms with Crippen LogP contribution in [0.5, 0.6) is 0 Å². The third-order valence-corrected chi connectivity index (χ3v) is 5.61. The first kappa shape index (κ1) is 20.1. The largest absolute Gasteiger partial charge is 0.370 e. The summed E-state index contributed by atoms with van der Waals surface area (Å²) >= 11 is 6.39. The Balaban J connectivity index is 1.71. The van der Waals surface area contributed by atoms with Crippen LogP contribution < -0.4 is 16.2 Å². The SMILES string of the molecule is Cc1cccc(-c2cc(NCCc3ccc(S(N)(=O)=O)cc3)nc(N)n2)c1Cl.